The minimum Gasteiger partial charge on any atom is -0.480 e. The second kappa shape index (κ2) is 8.07. The summed E-state index contributed by atoms with van der Waals surface area (Å²) in [6, 6.07) is 2.96. The van der Waals surface area contributed by atoms with Crippen molar-refractivity contribution < 1.29 is 18.7 Å². The fourth-order valence-electron chi connectivity index (χ4n) is 1.91. The predicted octanol–water partition coefficient (Wildman–Crippen LogP) is 3.24. The van der Waals surface area contributed by atoms with Crippen LogP contribution < -0.4 is 0 Å². The van der Waals surface area contributed by atoms with E-state index in [0.29, 0.717) is 12.1 Å². The Morgan fingerprint density at radius 3 is 2.53 bits per heavy atom. The summed E-state index contributed by atoms with van der Waals surface area (Å²) in [5.41, 5.74) is 0.311. The molecule has 1 unspecified atom stereocenters. The van der Waals surface area contributed by atoms with Crippen LogP contribution in [0.25, 0.3) is 0 Å². The van der Waals surface area contributed by atoms with Crippen LogP contribution in [0.4, 0.5) is 8.78 Å². The predicted molar refractivity (Wildman–Crippen MR) is 71.5 cm³/mol. The van der Waals surface area contributed by atoms with Gasteiger partial charge in [0.1, 0.15) is 11.6 Å². The maximum Gasteiger partial charge on any atom is 0.317 e. The van der Waals surface area contributed by atoms with E-state index in [1.54, 1.807) is 11.8 Å². The van der Waals surface area contributed by atoms with Gasteiger partial charge in [-0.1, -0.05) is 13.0 Å². The van der Waals surface area contributed by atoms with Crippen LogP contribution in [0.15, 0.2) is 18.2 Å². The Hall–Kier alpha value is -1.20. The van der Waals surface area contributed by atoms with Gasteiger partial charge in [0.2, 0.25) is 0 Å². The molecule has 0 saturated carbocycles. The molecule has 19 heavy (non-hydrogen) atoms. The highest BCUT2D eigenvalue weighted by Crippen LogP contribution is 2.23. The Bertz CT molecular complexity index is 429. The number of carboxylic acids is 1. The number of aliphatic carboxylic acids is 1. The number of rotatable bonds is 6. The SMILES string of the molecule is CCCN(CC(=O)O)C(C)c1ccc(F)cc1F.Cl. The third kappa shape index (κ3) is 5.12. The Kier molecular flexibility index (Phi) is 7.56. The third-order valence-electron chi connectivity index (χ3n) is 2.81. The molecule has 1 rings (SSSR count). The Morgan fingerprint density at radius 2 is 2.05 bits per heavy atom. The molecule has 0 radical (unpaired) electrons. The quantitative estimate of drug-likeness (QED) is 0.875. The number of halogens is 3. The van der Waals surface area contributed by atoms with Crippen LogP contribution in [0.2, 0.25) is 0 Å². The van der Waals surface area contributed by atoms with Gasteiger partial charge >= 0.3 is 5.97 Å². The lowest BCUT2D eigenvalue weighted by Crippen LogP contribution is -2.33. The molecule has 1 N–H and O–H groups in total. The minimum atomic E-state index is -0.960. The van der Waals surface area contributed by atoms with Gasteiger partial charge in [-0.2, -0.15) is 0 Å². The van der Waals surface area contributed by atoms with Crippen LogP contribution >= 0.6 is 12.4 Å². The largest absolute Gasteiger partial charge is 0.480 e. The summed E-state index contributed by atoms with van der Waals surface area (Å²) in [7, 11) is 0. The van der Waals surface area contributed by atoms with E-state index < -0.39 is 23.6 Å². The zero-order valence-corrected chi connectivity index (χ0v) is 11.7. The van der Waals surface area contributed by atoms with Gasteiger partial charge in [0.05, 0.1) is 6.54 Å². The molecule has 0 bridgehead atoms. The van der Waals surface area contributed by atoms with E-state index in [1.165, 1.54) is 12.1 Å². The first-order chi connectivity index (χ1) is 8.45. The Labute approximate surface area is 117 Å². The smallest absolute Gasteiger partial charge is 0.317 e. The van der Waals surface area contributed by atoms with E-state index in [2.05, 4.69) is 0 Å². The first kappa shape index (κ1) is 17.8. The van der Waals surface area contributed by atoms with Gasteiger partial charge in [-0.3, -0.25) is 9.69 Å². The molecule has 1 aromatic carbocycles. The van der Waals surface area contributed by atoms with Crippen LogP contribution in [0, 0.1) is 11.6 Å². The van der Waals surface area contributed by atoms with Gasteiger partial charge in [-0.15, -0.1) is 12.4 Å². The van der Waals surface area contributed by atoms with Gasteiger partial charge in [-0.05, 0) is 26.0 Å². The number of nitrogens with zero attached hydrogens (tertiary/aromatic N) is 1. The highest BCUT2D eigenvalue weighted by Gasteiger charge is 2.20. The monoisotopic (exact) mass is 293 g/mol. The molecule has 0 aliphatic rings. The highest BCUT2D eigenvalue weighted by molar-refractivity contribution is 5.85. The maximum absolute atomic E-state index is 13.6. The lowest BCUT2D eigenvalue weighted by Gasteiger charge is -2.27. The van der Waals surface area contributed by atoms with Crippen molar-refractivity contribution in [3.05, 3.63) is 35.4 Å². The topological polar surface area (TPSA) is 40.5 Å². The van der Waals surface area contributed by atoms with Crippen molar-refractivity contribution in [2.45, 2.75) is 26.3 Å². The number of carboxylic acid groups (broad SMARTS) is 1. The van der Waals surface area contributed by atoms with E-state index in [4.69, 9.17) is 5.11 Å². The molecule has 0 aliphatic heterocycles. The third-order valence-corrected chi connectivity index (χ3v) is 2.81. The fraction of sp³-hybridized carbons (Fsp3) is 0.462. The van der Waals surface area contributed by atoms with Crippen molar-refractivity contribution >= 4 is 18.4 Å². The zero-order valence-electron chi connectivity index (χ0n) is 10.9. The average molecular weight is 294 g/mol. The van der Waals surface area contributed by atoms with Crippen molar-refractivity contribution in [2.75, 3.05) is 13.1 Å². The van der Waals surface area contributed by atoms with Crippen LogP contribution in [0.1, 0.15) is 31.9 Å². The molecule has 6 heteroatoms. The molecule has 0 heterocycles. The van der Waals surface area contributed by atoms with Crippen molar-refractivity contribution in [1.82, 2.24) is 4.90 Å². The van der Waals surface area contributed by atoms with E-state index in [0.717, 1.165) is 12.5 Å². The van der Waals surface area contributed by atoms with Crippen molar-refractivity contribution in [1.29, 1.82) is 0 Å². The molecule has 3 nitrogen and oxygen atoms in total. The molecule has 1 aromatic rings. The van der Waals surface area contributed by atoms with Gasteiger partial charge in [0, 0.05) is 17.7 Å². The molecule has 0 aromatic heterocycles. The average Bonchev–Trinajstić information content (AvgIpc) is 2.27. The maximum atomic E-state index is 13.6. The number of carbonyl (C=O) groups is 1. The molecule has 0 fully saturated rings. The van der Waals surface area contributed by atoms with Crippen LogP contribution in [-0.4, -0.2) is 29.1 Å². The van der Waals surface area contributed by atoms with E-state index in [-0.39, 0.29) is 19.0 Å². The van der Waals surface area contributed by atoms with Crippen LogP contribution in [0.5, 0.6) is 0 Å². The molecule has 1 atom stereocenters. The summed E-state index contributed by atoms with van der Waals surface area (Å²) in [6.07, 6.45) is 0.764. The van der Waals surface area contributed by atoms with E-state index in [1.807, 2.05) is 6.92 Å². The molecule has 0 amide bonds. The zero-order chi connectivity index (χ0) is 13.7. The normalized spacial score (nSPS) is 12.1. The van der Waals surface area contributed by atoms with Gasteiger partial charge in [0.15, 0.2) is 0 Å². The first-order valence-corrected chi connectivity index (χ1v) is 5.86. The van der Waals surface area contributed by atoms with Crippen LogP contribution in [0.3, 0.4) is 0 Å². The van der Waals surface area contributed by atoms with Gasteiger partial charge < -0.3 is 5.11 Å². The highest BCUT2D eigenvalue weighted by atomic mass is 35.5. The number of hydrogen-bond donors (Lipinski definition) is 1. The van der Waals surface area contributed by atoms with E-state index in [9.17, 15) is 13.6 Å². The molecule has 108 valence electrons. The molecule has 0 spiro atoms. The number of benzene rings is 1. The van der Waals surface area contributed by atoms with Crippen LogP contribution in [-0.2, 0) is 4.79 Å². The summed E-state index contributed by atoms with van der Waals surface area (Å²) < 4.78 is 26.4. The van der Waals surface area contributed by atoms with Crippen molar-refractivity contribution in [3.63, 3.8) is 0 Å². The summed E-state index contributed by atoms with van der Waals surface area (Å²) in [4.78, 5) is 12.4. The second-order valence-electron chi connectivity index (χ2n) is 4.21. The summed E-state index contributed by atoms with van der Waals surface area (Å²) in [5.74, 6) is -2.24. The molecular formula is C13H18ClF2NO2. The summed E-state index contributed by atoms with van der Waals surface area (Å²) in [5, 5.41) is 8.82. The standard InChI is InChI=1S/C13H17F2NO2.ClH/c1-3-6-16(8-13(17)18)9(2)11-5-4-10(14)7-12(11)15;/h4-5,7,9H,3,6,8H2,1-2H3,(H,17,18);1H. The molecule has 0 aliphatic carbocycles. The Morgan fingerprint density at radius 1 is 1.42 bits per heavy atom. The molecule has 0 saturated heterocycles. The van der Waals surface area contributed by atoms with Gasteiger partial charge in [0.25, 0.3) is 0 Å². The second-order valence-corrected chi connectivity index (χ2v) is 4.21. The first-order valence-electron chi connectivity index (χ1n) is 5.86. The number of hydrogen-bond acceptors (Lipinski definition) is 2. The summed E-state index contributed by atoms with van der Waals surface area (Å²) in [6.45, 7) is 4.02. The van der Waals surface area contributed by atoms with E-state index >= 15 is 0 Å². The minimum absolute atomic E-state index is 0. The fourth-order valence-corrected chi connectivity index (χ4v) is 1.91. The lowest BCUT2D eigenvalue weighted by molar-refractivity contribution is -0.138. The molecular weight excluding hydrogens is 276 g/mol. The summed E-state index contributed by atoms with van der Waals surface area (Å²) >= 11 is 0. The van der Waals surface area contributed by atoms with Crippen molar-refractivity contribution in [3.8, 4) is 0 Å². The van der Waals surface area contributed by atoms with Gasteiger partial charge in [-0.25, -0.2) is 8.78 Å². The van der Waals surface area contributed by atoms with Crippen molar-refractivity contribution in [2.24, 2.45) is 0 Å². The lowest BCUT2D eigenvalue weighted by atomic mass is 10.1. The Balaban J connectivity index is 0.00000324.